The van der Waals surface area contributed by atoms with E-state index in [4.69, 9.17) is 5.84 Å². The second-order valence-corrected chi connectivity index (χ2v) is 3.83. The average Bonchev–Trinajstić information content (AvgIpc) is 2.50. The molecule has 1 rings (SSSR count). The van der Waals surface area contributed by atoms with Gasteiger partial charge in [0.05, 0.1) is 6.54 Å². The van der Waals surface area contributed by atoms with Crippen LogP contribution in [0.25, 0.3) is 0 Å². The number of carbonyl (C=O) groups is 1. The van der Waals surface area contributed by atoms with E-state index >= 15 is 0 Å². The molecule has 0 spiro atoms. The highest BCUT2D eigenvalue weighted by Crippen LogP contribution is 2.16. The Hall–Kier alpha value is -1.07. The van der Waals surface area contributed by atoms with Gasteiger partial charge in [0.2, 0.25) is 0 Å². The summed E-state index contributed by atoms with van der Waals surface area (Å²) in [6.07, 6.45) is 0. The Bertz CT molecular complexity index is 297. The second-order valence-electron chi connectivity index (χ2n) is 2.83. The highest BCUT2D eigenvalue weighted by Gasteiger charge is 2.08. The van der Waals surface area contributed by atoms with Crippen LogP contribution in [0, 0.1) is 6.92 Å². The fourth-order valence-electron chi connectivity index (χ4n) is 0.963. The molecule has 0 unspecified atom stereocenters. The molecule has 1 aromatic rings. The van der Waals surface area contributed by atoms with Crippen molar-refractivity contribution in [2.24, 2.45) is 5.84 Å². The number of nitrogens with zero attached hydrogens (tertiary/aromatic N) is 1. The first-order chi connectivity index (χ1) is 6.15. The standard InChI is InChI=1S/C8H13N3OS/c1-6-3-4-13-7(6)5-11(2)8(12)10-9/h3-4H,5,9H2,1-2H3,(H,10,12). The van der Waals surface area contributed by atoms with E-state index in [9.17, 15) is 4.79 Å². The molecule has 0 saturated heterocycles. The maximum atomic E-state index is 11.0. The zero-order valence-electron chi connectivity index (χ0n) is 7.70. The van der Waals surface area contributed by atoms with Gasteiger partial charge in [0.1, 0.15) is 0 Å². The van der Waals surface area contributed by atoms with Crippen molar-refractivity contribution >= 4 is 17.4 Å². The lowest BCUT2D eigenvalue weighted by Crippen LogP contribution is -2.40. The molecule has 1 heterocycles. The highest BCUT2D eigenvalue weighted by molar-refractivity contribution is 7.10. The number of aryl methyl sites for hydroxylation is 1. The van der Waals surface area contributed by atoms with Crippen LogP contribution in [0.3, 0.4) is 0 Å². The van der Waals surface area contributed by atoms with Gasteiger partial charge in [-0.1, -0.05) is 0 Å². The molecular formula is C8H13N3OS. The predicted molar refractivity (Wildman–Crippen MR) is 53.2 cm³/mol. The third kappa shape index (κ3) is 2.43. The summed E-state index contributed by atoms with van der Waals surface area (Å²) in [7, 11) is 1.71. The lowest BCUT2D eigenvalue weighted by atomic mass is 10.3. The Kier molecular flexibility index (Phi) is 3.27. The number of hydrogen-bond acceptors (Lipinski definition) is 3. The van der Waals surface area contributed by atoms with Crippen LogP contribution < -0.4 is 11.3 Å². The minimum atomic E-state index is -0.271. The lowest BCUT2D eigenvalue weighted by molar-refractivity contribution is 0.207. The van der Waals surface area contributed by atoms with Gasteiger partial charge in [0.15, 0.2) is 0 Å². The van der Waals surface area contributed by atoms with E-state index in [0.717, 1.165) is 0 Å². The summed E-state index contributed by atoms with van der Waals surface area (Å²) in [5.41, 5.74) is 3.30. The van der Waals surface area contributed by atoms with Crippen molar-refractivity contribution in [1.82, 2.24) is 10.3 Å². The number of thiophene rings is 1. The molecule has 2 amide bonds. The Morgan fingerprint density at radius 3 is 2.92 bits per heavy atom. The van der Waals surface area contributed by atoms with Crippen LogP contribution in [0.2, 0.25) is 0 Å². The molecule has 72 valence electrons. The number of urea groups is 1. The predicted octanol–water partition coefficient (Wildman–Crippen LogP) is 1.07. The quantitative estimate of drug-likeness (QED) is 0.425. The zero-order valence-corrected chi connectivity index (χ0v) is 8.52. The summed E-state index contributed by atoms with van der Waals surface area (Å²) in [6.45, 7) is 2.63. The van der Waals surface area contributed by atoms with Crippen LogP contribution in [0.1, 0.15) is 10.4 Å². The molecule has 4 nitrogen and oxygen atoms in total. The summed E-state index contributed by atoms with van der Waals surface area (Å²) in [5, 5.41) is 2.01. The number of nitrogens with one attached hydrogen (secondary N) is 1. The monoisotopic (exact) mass is 199 g/mol. The first-order valence-electron chi connectivity index (χ1n) is 3.90. The molecule has 5 heteroatoms. The van der Waals surface area contributed by atoms with Crippen LogP contribution in [-0.2, 0) is 6.54 Å². The van der Waals surface area contributed by atoms with Gasteiger partial charge >= 0.3 is 6.03 Å². The molecule has 0 radical (unpaired) electrons. The maximum Gasteiger partial charge on any atom is 0.331 e. The van der Waals surface area contributed by atoms with Gasteiger partial charge in [-0.15, -0.1) is 11.3 Å². The molecule has 1 aromatic heterocycles. The molecule has 0 aliphatic rings. The summed E-state index contributed by atoms with van der Waals surface area (Å²) in [5.74, 6) is 5.00. The minimum Gasteiger partial charge on any atom is -0.322 e. The fraction of sp³-hybridized carbons (Fsp3) is 0.375. The van der Waals surface area contributed by atoms with E-state index in [0.29, 0.717) is 6.54 Å². The summed E-state index contributed by atoms with van der Waals surface area (Å²) < 4.78 is 0. The first kappa shape index (κ1) is 10.0. The van der Waals surface area contributed by atoms with Crippen molar-refractivity contribution < 1.29 is 4.79 Å². The first-order valence-corrected chi connectivity index (χ1v) is 4.77. The number of rotatable bonds is 2. The molecule has 0 aliphatic heterocycles. The van der Waals surface area contributed by atoms with E-state index < -0.39 is 0 Å². The van der Waals surface area contributed by atoms with Crippen LogP contribution in [0.5, 0.6) is 0 Å². The van der Waals surface area contributed by atoms with E-state index in [1.54, 1.807) is 23.3 Å². The van der Waals surface area contributed by atoms with Crippen molar-refractivity contribution in [1.29, 1.82) is 0 Å². The highest BCUT2D eigenvalue weighted by atomic mass is 32.1. The molecule has 13 heavy (non-hydrogen) atoms. The zero-order chi connectivity index (χ0) is 9.84. The van der Waals surface area contributed by atoms with Crippen LogP contribution in [0.4, 0.5) is 4.79 Å². The normalized spacial score (nSPS) is 9.77. The van der Waals surface area contributed by atoms with Crippen LogP contribution in [-0.4, -0.2) is 18.0 Å². The molecule has 0 aromatic carbocycles. The topological polar surface area (TPSA) is 58.4 Å². The van der Waals surface area contributed by atoms with Crippen LogP contribution in [0.15, 0.2) is 11.4 Å². The number of nitrogens with two attached hydrogens (primary N) is 1. The SMILES string of the molecule is Cc1ccsc1CN(C)C(=O)NN. The van der Waals surface area contributed by atoms with Crippen molar-refractivity contribution in [2.75, 3.05) is 7.05 Å². The van der Waals surface area contributed by atoms with Crippen molar-refractivity contribution in [2.45, 2.75) is 13.5 Å². The minimum absolute atomic E-state index is 0.271. The van der Waals surface area contributed by atoms with Gasteiger partial charge in [-0.2, -0.15) is 0 Å². The fourth-order valence-corrected chi connectivity index (χ4v) is 1.92. The number of carbonyl (C=O) groups excluding carboxylic acids is 1. The van der Waals surface area contributed by atoms with Crippen molar-refractivity contribution in [3.05, 3.63) is 21.9 Å². The average molecular weight is 199 g/mol. The molecule has 0 aliphatic carbocycles. The third-order valence-electron chi connectivity index (χ3n) is 1.82. The molecular weight excluding hydrogens is 186 g/mol. The number of hydrogen-bond donors (Lipinski definition) is 2. The van der Waals surface area contributed by atoms with Crippen molar-refractivity contribution in [3.63, 3.8) is 0 Å². The molecule has 0 saturated carbocycles. The molecule has 0 atom stereocenters. The lowest BCUT2D eigenvalue weighted by Gasteiger charge is -2.15. The molecule has 0 fully saturated rings. The Morgan fingerprint density at radius 2 is 2.46 bits per heavy atom. The van der Waals surface area contributed by atoms with Crippen molar-refractivity contribution in [3.8, 4) is 0 Å². The summed E-state index contributed by atoms with van der Waals surface area (Å²) >= 11 is 1.64. The summed E-state index contributed by atoms with van der Waals surface area (Å²) in [6, 6.07) is 1.77. The van der Waals surface area contributed by atoms with E-state index in [2.05, 4.69) is 5.43 Å². The van der Waals surface area contributed by atoms with Gasteiger partial charge in [0, 0.05) is 11.9 Å². The second kappa shape index (κ2) is 4.25. The Morgan fingerprint density at radius 1 is 1.77 bits per heavy atom. The van der Waals surface area contributed by atoms with Gasteiger partial charge in [-0.05, 0) is 23.9 Å². The van der Waals surface area contributed by atoms with E-state index in [1.165, 1.54) is 10.4 Å². The molecule has 3 N–H and O–H groups in total. The van der Waals surface area contributed by atoms with Gasteiger partial charge in [-0.25, -0.2) is 10.6 Å². The summed E-state index contributed by atoms with van der Waals surface area (Å²) in [4.78, 5) is 13.8. The van der Waals surface area contributed by atoms with Gasteiger partial charge in [-0.3, -0.25) is 5.43 Å². The molecule has 0 bridgehead atoms. The third-order valence-corrected chi connectivity index (χ3v) is 2.83. The van der Waals surface area contributed by atoms with Crippen LogP contribution >= 0.6 is 11.3 Å². The Balaban J connectivity index is 2.59. The van der Waals surface area contributed by atoms with Gasteiger partial charge in [0.25, 0.3) is 0 Å². The van der Waals surface area contributed by atoms with Gasteiger partial charge < -0.3 is 4.90 Å². The Labute approximate surface area is 81.3 Å². The number of hydrazine groups is 1. The maximum absolute atomic E-state index is 11.0. The van der Waals surface area contributed by atoms with E-state index in [-0.39, 0.29) is 6.03 Å². The smallest absolute Gasteiger partial charge is 0.322 e. The largest absolute Gasteiger partial charge is 0.331 e. The number of amides is 2. The van der Waals surface area contributed by atoms with E-state index in [1.807, 2.05) is 18.4 Å².